The average Bonchev–Trinajstić information content (AvgIpc) is 2.34. The highest BCUT2D eigenvalue weighted by atomic mass is 19.1. The number of carbonyl (C=O) groups excluding carboxylic acids is 1. The van der Waals surface area contributed by atoms with Crippen LogP contribution in [0.5, 0.6) is 11.5 Å². The summed E-state index contributed by atoms with van der Waals surface area (Å²) in [5.74, 6) is -2.60. The Labute approximate surface area is 101 Å². The molecule has 0 bridgehead atoms. The quantitative estimate of drug-likeness (QED) is 0.908. The molecule has 0 fully saturated rings. The molecule has 1 heterocycles. The van der Waals surface area contributed by atoms with E-state index in [4.69, 9.17) is 10.5 Å². The number of amides is 1. The zero-order chi connectivity index (χ0) is 13.1. The third-order valence-electron chi connectivity index (χ3n) is 2.12. The number of aromatic nitrogens is 1. The van der Waals surface area contributed by atoms with Crippen molar-refractivity contribution in [3.63, 3.8) is 0 Å². The average molecular weight is 250 g/mol. The second kappa shape index (κ2) is 4.79. The van der Waals surface area contributed by atoms with Crippen LogP contribution >= 0.6 is 0 Å². The van der Waals surface area contributed by atoms with Gasteiger partial charge in [0.15, 0.2) is 23.0 Å². The van der Waals surface area contributed by atoms with Crippen molar-refractivity contribution in [3.05, 3.63) is 53.9 Å². The maximum Gasteiger partial charge on any atom is 0.271 e. The van der Waals surface area contributed by atoms with Gasteiger partial charge in [-0.3, -0.25) is 4.79 Å². The second-order valence-electron chi connectivity index (χ2n) is 3.39. The van der Waals surface area contributed by atoms with E-state index in [0.29, 0.717) is 0 Å². The molecule has 0 saturated heterocycles. The van der Waals surface area contributed by atoms with Crippen LogP contribution < -0.4 is 10.5 Å². The molecule has 0 aliphatic rings. The Kier molecular flexibility index (Phi) is 3.18. The standard InChI is InChI=1S/C12H8F2N2O2/c13-7-3-4-8(14)10(6-7)18-9-2-1-5-16-11(9)12(15)17/h1-6H,(H2,15,17). The molecule has 92 valence electrons. The molecule has 1 amide bonds. The first-order chi connectivity index (χ1) is 8.58. The van der Waals surface area contributed by atoms with E-state index in [1.165, 1.54) is 18.3 Å². The molecule has 18 heavy (non-hydrogen) atoms. The van der Waals surface area contributed by atoms with Crippen LogP contribution in [0.25, 0.3) is 0 Å². The summed E-state index contributed by atoms with van der Waals surface area (Å²) in [6.45, 7) is 0. The lowest BCUT2D eigenvalue weighted by atomic mass is 10.3. The van der Waals surface area contributed by atoms with E-state index in [1.807, 2.05) is 0 Å². The summed E-state index contributed by atoms with van der Waals surface area (Å²) in [7, 11) is 0. The molecule has 1 aromatic heterocycles. The lowest BCUT2D eigenvalue weighted by molar-refractivity contribution is 0.0993. The highest BCUT2D eigenvalue weighted by Gasteiger charge is 2.13. The van der Waals surface area contributed by atoms with E-state index in [9.17, 15) is 13.6 Å². The summed E-state index contributed by atoms with van der Waals surface area (Å²) >= 11 is 0. The largest absolute Gasteiger partial charge is 0.452 e. The van der Waals surface area contributed by atoms with Crippen LogP contribution in [0.3, 0.4) is 0 Å². The van der Waals surface area contributed by atoms with Crippen LogP contribution in [0, 0.1) is 11.6 Å². The predicted octanol–water partition coefficient (Wildman–Crippen LogP) is 2.25. The van der Waals surface area contributed by atoms with Gasteiger partial charge in [0.1, 0.15) is 5.82 Å². The molecule has 1 aromatic carbocycles. The summed E-state index contributed by atoms with van der Waals surface area (Å²) in [5.41, 5.74) is 4.94. The number of nitrogens with zero attached hydrogens (tertiary/aromatic N) is 1. The molecule has 2 N–H and O–H groups in total. The van der Waals surface area contributed by atoms with Gasteiger partial charge in [0, 0.05) is 12.3 Å². The van der Waals surface area contributed by atoms with Gasteiger partial charge in [0.25, 0.3) is 5.91 Å². The third kappa shape index (κ3) is 2.42. The molecule has 0 saturated carbocycles. The number of rotatable bonds is 3. The van der Waals surface area contributed by atoms with E-state index in [2.05, 4.69) is 4.98 Å². The molecule has 0 aliphatic heterocycles. The SMILES string of the molecule is NC(=O)c1ncccc1Oc1cc(F)ccc1F. The molecule has 4 nitrogen and oxygen atoms in total. The van der Waals surface area contributed by atoms with Gasteiger partial charge in [-0.25, -0.2) is 13.8 Å². The van der Waals surface area contributed by atoms with Gasteiger partial charge in [-0.05, 0) is 24.3 Å². The molecule has 2 rings (SSSR count). The number of ether oxygens (including phenoxy) is 1. The topological polar surface area (TPSA) is 65.2 Å². The van der Waals surface area contributed by atoms with E-state index in [0.717, 1.165) is 18.2 Å². The Hall–Kier alpha value is -2.50. The number of primary amides is 1. The van der Waals surface area contributed by atoms with Crippen molar-refractivity contribution >= 4 is 5.91 Å². The fraction of sp³-hybridized carbons (Fsp3) is 0. The Morgan fingerprint density at radius 3 is 2.72 bits per heavy atom. The number of carbonyl (C=O) groups is 1. The van der Waals surface area contributed by atoms with E-state index in [1.54, 1.807) is 0 Å². The summed E-state index contributed by atoms with van der Waals surface area (Å²) in [6, 6.07) is 5.62. The Bertz CT molecular complexity index is 602. The summed E-state index contributed by atoms with van der Waals surface area (Å²) < 4.78 is 31.4. The monoisotopic (exact) mass is 250 g/mol. The number of halogens is 2. The van der Waals surface area contributed by atoms with Gasteiger partial charge in [-0.2, -0.15) is 0 Å². The Morgan fingerprint density at radius 1 is 1.22 bits per heavy atom. The van der Waals surface area contributed by atoms with Crippen LogP contribution in [-0.4, -0.2) is 10.9 Å². The van der Waals surface area contributed by atoms with Crippen LogP contribution in [0.2, 0.25) is 0 Å². The van der Waals surface area contributed by atoms with Crippen molar-refractivity contribution in [3.8, 4) is 11.5 Å². The first-order valence-electron chi connectivity index (χ1n) is 4.95. The zero-order valence-electron chi connectivity index (χ0n) is 9.06. The van der Waals surface area contributed by atoms with Gasteiger partial charge < -0.3 is 10.5 Å². The van der Waals surface area contributed by atoms with E-state index in [-0.39, 0.29) is 17.2 Å². The zero-order valence-corrected chi connectivity index (χ0v) is 9.06. The van der Waals surface area contributed by atoms with Gasteiger partial charge >= 0.3 is 0 Å². The molecule has 0 radical (unpaired) electrons. The molecule has 6 heteroatoms. The van der Waals surface area contributed by atoms with E-state index < -0.39 is 17.5 Å². The molecular weight excluding hydrogens is 242 g/mol. The van der Waals surface area contributed by atoms with Crippen molar-refractivity contribution in [2.45, 2.75) is 0 Å². The molecular formula is C12H8F2N2O2. The van der Waals surface area contributed by atoms with Crippen LogP contribution in [-0.2, 0) is 0 Å². The Morgan fingerprint density at radius 2 is 2.00 bits per heavy atom. The van der Waals surface area contributed by atoms with Crippen molar-refractivity contribution in [1.29, 1.82) is 0 Å². The highest BCUT2D eigenvalue weighted by Crippen LogP contribution is 2.26. The fourth-order valence-electron chi connectivity index (χ4n) is 1.33. The Balaban J connectivity index is 2.40. The predicted molar refractivity (Wildman–Crippen MR) is 59.2 cm³/mol. The third-order valence-corrected chi connectivity index (χ3v) is 2.12. The number of nitrogens with two attached hydrogens (primary N) is 1. The van der Waals surface area contributed by atoms with Crippen LogP contribution in [0.1, 0.15) is 10.5 Å². The molecule has 0 unspecified atom stereocenters. The van der Waals surface area contributed by atoms with E-state index >= 15 is 0 Å². The van der Waals surface area contributed by atoms with Gasteiger partial charge in [-0.15, -0.1) is 0 Å². The first-order valence-corrected chi connectivity index (χ1v) is 4.95. The number of hydrogen-bond acceptors (Lipinski definition) is 3. The maximum atomic E-state index is 13.4. The second-order valence-corrected chi connectivity index (χ2v) is 3.39. The van der Waals surface area contributed by atoms with Gasteiger partial charge in [0.2, 0.25) is 0 Å². The smallest absolute Gasteiger partial charge is 0.271 e. The van der Waals surface area contributed by atoms with Crippen LogP contribution in [0.4, 0.5) is 8.78 Å². The van der Waals surface area contributed by atoms with Crippen molar-refractivity contribution in [2.75, 3.05) is 0 Å². The fourth-order valence-corrected chi connectivity index (χ4v) is 1.33. The van der Waals surface area contributed by atoms with Crippen molar-refractivity contribution in [1.82, 2.24) is 4.98 Å². The molecule has 2 aromatic rings. The summed E-state index contributed by atoms with van der Waals surface area (Å²) in [5, 5.41) is 0. The normalized spacial score (nSPS) is 10.1. The minimum atomic E-state index is -0.817. The molecule has 0 atom stereocenters. The number of pyridine rings is 1. The van der Waals surface area contributed by atoms with Gasteiger partial charge in [0.05, 0.1) is 0 Å². The van der Waals surface area contributed by atoms with Crippen molar-refractivity contribution in [2.24, 2.45) is 5.73 Å². The summed E-state index contributed by atoms with van der Waals surface area (Å²) in [6.07, 6.45) is 1.34. The molecule has 0 aliphatic carbocycles. The lowest BCUT2D eigenvalue weighted by Crippen LogP contribution is -2.14. The van der Waals surface area contributed by atoms with Crippen molar-refractivity contribution < 1.29 is 18.3 Å². The summed E-state index contributed by atoms with van der Waals surface area (Å²) in [4.78, 5) is 14.8. The number of hydrogen-bond donors (Lipinski definition) is 1. The minimum absolute atomic E-state index is 0.0329. The minimum Gasteiger partial charge on any atom is -0.452 e. The maximum absolute atomic E-state index is 13.4. The molecule has 0 spiro atoms. The highest BCUT2D eigenvalue weighted by molar-refractivity contribution is 5.93. The first kappa shape index (κ1) is 12.0. The van der Waals surface area contributed by atoms with Gasteiger partial charge in [-0.1, -0.05) is 0 Å². The van der Waals surface area contributed by atoms with Crippen LogP contribution in [0.15, 0.2) is 36.5 Å². The lowest BCUT2D eigenvalue weighted by Gasteiger charge is -2.08. The number of benzene rings is 1.